The van der Waals surface area contributed by atoms with Crippen molar-refractivity contribution in [2.45, 2.75) is 13.3 Å². The molecule has 0 aliphatic heterocycles. The Bertz CT molecular complexity index is 160. The standard InChI is InChI=1S/C7H11NO2/c1-2-6-9-10-7-4-3-5-8-7/h3-5,8H,2,6H2,1H3. The molecule has 0 bridgehead atoms. The summed E-state index contributed by atoms with van der Waals surface area (Å²) in [6.07, 6.45) is 2.74. The van der Waals surface area contributed by atoms with Gasteiger partial charge in [-0.05, 0) is 12.5 Å². The van der Waals surface area contributed by atoms with Crippen molar-refractivity contribution in [1.82, 2.24) is 4.98 Å². The fourth-order valence-electron chi connectivity index (χ4n) is 0.554. The van der Waals surface area contributed by atoms with Crippen molar-refractivity contribution in [3.8, 4) is 5.88 Å². The van der Waals surface area contributed by atoms with Crippen LogP contribution in [0.2, 0.25) is 0 Å². The SMILES string of the molecule is CCCOOc1ccc[nH]1. The average molecular weight is 141 g/mol. The number of aromatic amines is 1. The Morgan fingerprint density at radius 3 is 3.10 bits per heavy atom. The molecule has 0 fully saturated rings. The molecule has 1 aromatic heterocycles. The van der Waals surface area contributed by atoms with Gasteiger partial charge in [0.05, 0.1) is 6.61 Å². The van der Waals surface area contributed by atoms with Crippen LogP contribution in [0, 0.1) is 0 Å². The molecule has 0 aromatic carbocycles. The van der Waals surface area contributed by atoms with E-state index in [9.17, 15) is 0 Å². The second kappa shape index (κ2) is 3.95. The molecule has 1 rings (SSSR count). The van der Waals surface area contributed by atoms with Crippen molar-refractivity contribution in [1.29, 1.82) is 0 Å². The maximum Gasteiger partial charge on any atom is 0.234 e. The van der Waals surface area contributed by atoms with Crippen molar-refractivity contribution < 1.29 is 9.78 Å². The van der Waals surface area contributed by atoms with Gasteiger partial charge >= 0.3 is 0 Å². The maximum atomic E-state index is 4.83. The number of aromatic nitrogens is 1. The second-order valence-corrected chi connectivity index (χ2v) is 1.94. The molecule has 0 saturated heterocycles. The fourth-order valence-corrected chi connectivity index (χ4v) is 0.554. The molecule has 0 aliphatic rings. The van der Waals surface area contributed by atoms with Gasteiger partial charge in [0.1, 0.15) is 0 Å². The Kier molecular flexibility index (Phi) is 2.83. The van der Waals surface area contributed by atoms with Crippen LogP contribution >= 0.6 is 0 Å². The minimum Gasteiger partial charge on any atom is -0.330 e. The van der Waals surface area contributed by atoms with Crippen LogP contribution < -0.4 is 4.89 Å². The van der Waals surface area contributed by atoms with Gasteiger partial charge in [-0.1, -0.05) is 6.92 Å². The van der Waals surface area contributed by atoms with E-state index in [1.54, 1.807) is 12.3 Å². The van der Waals surface area contributed by atoms with Crippen LogP contribution in [0.15, 0.2) is 18.3 Å². The van der Waals surface area contributed by atoms with Crippen LogP contribution in [0.1, 0.15) is 13.3 Å². The molecule has 10 heavy (non-hydrogen) atoms. The molecule has 0 unspecified atom stereocenters. The minimum absolute atomic E-state index is 0.624. The summed E-state index contributed by atoms with van der Waals surface area (Å²) in [7, 11) is 0. The zero-order valence-corrected chi connectivity index (χ0v) is 5.96. The highest BCUT2D eigenvalue weighted by Gasteiger charge is 1.90. The van der Waals surface area contributed by atoms with Crippen LogP contribution in [0.3, 0.4) is 0 Å². The molecular weight excluding hydrogens is 130 g/mol. The number of hydrogen-bond donors (Lipinski definition) is 1. The van der Waals surface area contributed by atoms with Gasteiger partial charge in [0.25, 0.3) is 0 Å². The Morgan fingerprint density at radius 2 is 2.50 bits per heavy atom. The maximum absolute atomic E-state index is 4.83. The molecule has 3 heteroatoms. The molecule has 1 heterocycles. The normalized spacial score (nSPS) is 9.70. The van der Waals surface area contributed by atoms with Crippen molar-refractivity contribution in [3.05, 3.63) is 18.3 Å². The monoisotopic (exact) mass is 141 g/mol. The summed E-state index contributed by atoms with van der Waals surface area (Å²) in [4.78, 5) is 12.5. The summed E-state index contributed by atoms with van der Waals surface area (Å²) in [6.45, 7) is 2.65. The first-order chi connectivity index (χ1) is 4.93. The van der Waals surface area contributed by atoms with Crippen molar-refractivity contribution >= 4 is 0 Å². The quantitative estimate of drug-likeness (QED) is 0.393. The molecule has 0 atom stereocenters. The second-order valence-electron chi connectivity index (χ2n) is 1.94. The first kappa shape index (κ1) is 7.15. The zero-order chi connectivity index (χ0) is 7.23. The van der Waals surface area contributed by atoms with Crippen LogP contribution in [0.25, 0.3) is 0 Å². The van der Waals surface area contributed by atoms with Crippen LogP contribution in [-0.2, 0) is 4.89 Å². The molecule has 0 amide bonds. The van der Waals surface area contributed by atoms with Gasteiger partial charge in [0.15, 0.2) is 0 Å². The van der Waals surface area contributed by atoms with E-state index in [-0.39, 0.29) is 0 Å². The van der Waals surface area contributed by atoms with E-state index in [1.165, 1.54) is 0 Å². The third-order valence-corrected chi connectivity index (χ3v) is 1.01. The van der Waals surface area contributed by atoms with Gasteiger partial charge < -0.3 is 9.87 Å². The molecule has 56 valence electrons. The Morgan fingerprint density at radius 1 is 1.60 bits per heavy atom. The lowest BCUT2D eigenvalue weighted by Gasteiger charge is -1.98. The van der Waals surface area contributed by atoms with Crippen molar-refractivity contribution in [2.24, 2.45) is 0 Å². The minimum atomic E-state index is 0.624. The van der Waals surface area contributed by atoms with Gasteiger partial charge in [-0.15, -0.1) is 0 Å². The summed E-state index contributed by atoms with van der Waals surface area (Å²) in [5, 5.41) is 0. The van der Waals surface area contributed by atoms with Gasteiger partial charge in [0.2, 0.25) is 5.88 Å². The lowest BCUT2D eigenvalue weighted by molar-refractivity contribution is -0.209. The van der Waals surface area contributed by atoms with E-state index in [4.69, 9.17) is 9.78 Å². The predicted molar refractivity (Wildman–Crippen MR) is 37.7 cm³/mol. The van der Waals surface area contributed by atoms with E-state index < -0.39 is 0 Å². The van der Waals surface area contributed by atoms with E-state index in [0.717, 1.165) is 6.42 Å². The summed E-state index contributed by atoms with van der Waals surface area (Å²) < 4.78 is 0. The fraction of sp³-hybridized carbons (Fsp3) is 0.429. The number of hydrogen-bond acceptors (Lipinski definition) is 2. The van der Waals surface area contributed by atoms with Crippen LogP contribution in [-0.4, -0.2) is 11.6 Å². The summed E-state index contributed by atoms with van der Waals surface area (Å²) in [6, 6.07) is 3.65. The molecule has 0 radical (unpaired) electrons. The number of H-pyrrole nitrogens is 1. The number of nitrogens with one attached hydrogen (secondary N) is 1. The van der Waals surface area contributed by atoms with Crippen LogP contribution in [0.5, 0.6) is 5.88 Å². The number of rotatable bonds is 4. The van der Waals surface area contributed by atoms with E-state index in [0.29, 0.717) is 12.5 Å². The molecule has 3 nitrogen and oxygen atoms in total. The molecule has 0 spiro atoms. The third-order valence-electron chi connectivity index (χ3n) is 1.01. The van der Waals surface area contributed by atoms with E-state index in [1.807, 2.05) is 13.0 Å². The van der Waals surface area contributed by atoms with Gasteiger partial charge in [-0.3, -0.25) is 0 Å². The van der Waals surface area contributed by atoms with Gasteiger partial charge in [-0.2, -0.15) is 4.89 Å². The Balaban J connectivity index is 2.15. The van der Waals surface area contributed by atoms with Crippen LogP contribution in [0.4, 0.5) is 0 Å². The molecule has 1 aromatic rings. The van der Waals surface area contributed by atoms with Crippen molar-refractivity contribution in [3.63, 3.8) is 0 Å². The molecular formula is C7H11NO2. The highest BCUT2D eigenvalue weighted by molar-refractivity contribution is 5.08. The topological polar surface area (TPSA) is 34.2 Å². The Labute approximate surface area is 59.9 Å². The third kappa shape index (κ3) is 2.11. The summed E-state index contributed by atoms with van der Waals surface area (Å²) in [5.41, 5.74) is 0. The smallest absolute Gasteiger partial charge is 0.234 e. The summed E-state index contributed by atoms with van der Waals surface area (Å²) >= 11 is 0. The first-order valence-electron chi connectivity index (χ1n) is 3.36. The van der Waals surface area contributed by atoms with Crippen molar-refractivity contribution in [2.75, 3.05) is 6.61 Å². The zero-order valence-electron chi connectivity index (χ0n) is 5.96. The lowest BCUT2D eigenvalue weighted by Crippen LogP contribution is -1.97. The van der Waals surface area contributed by atoms with Gasteiger partial charge in [0, 0.05) is 12.3 Å². The Hall–Kier alpha value is -0.960. The molecule has 0 aliphatic carbocycles. The molecule has 0 saturated carbocycles. The summed E-state index contributed by atoms with van der Waals surface area (Å²) in [5.74, 6) is 0.647. The van der Waals surface area contributed by atoms with E-state index >= 15 is 0 Å². The van der Waals surface area contributed by atoms with E-state index in [2.05, 4.69) is 4.98 Å². The average Bonchev–Trinajstić information content (AvgIpc) is 2.41. The molecule has 1 N–H and O–H groups in total. The largest absolute Gasteiger partial charge is 0.330 e. The highest BCUT2D eigenvalue weighted by atomic mass is 17.2. The predicted octanol–water partition coefficient (Wildman–Crippen LogP) is 1.74. The lowest BCUT2D eigenvalue weighted by atomic mass is 10.5. The highest BCUT2D eigenvalue weighted by Crippen LogP contribution is 2.04. The van der Waals surface area contributed by atoms with Gasteiger partial charge in [-0.25, -0.2) is 0 Å². The first-order valence-corrected chi connectivity index (χ1v) is 3.36.